The quantitative estimate of drug-likeness (QED) is 0.295. The molecule has 5 heterocycles. The molecule has 2 aliphatic heterocycles. The van der Waals surface area contributed by atoms with Gasteiger partial charge in [0, 0.05) is 23.3 Å². The number of hydrogen-bond donors (Lipinski definition) is 0. The number of esters is 1. The van der Waals surface area contributed by atoms with Crippen LogP contribution in [0.3, 0.4) is 0 Å². The molecule has 0 N–H and O–H groups in total. The van der Waals surface area contributed by atoms with Crippen molar-refractivity contribution in [3.8, 4) is 11.4 Å². The molecule has 7 nitrogen and oxygen atoms in total. The van der Waals surface area contributed by atoms with Crippen LogP contribution in [-0.4, -0.2) is 25.5 Å². The van der Waals surface area contributed by atoms with Crippen LogP contribution in [0, 0.1) is 0 Å². The summed E-state index contributed by atoms with van der Waals surface area (Å²) in [5.74, 6) is -0.752. The first-order valence-electron chi connectivity index (χ1n) is 11.1. The monoisotopic (exact) mass is 428 g/mol. The van der Waals surface area contributed by atoms with E-state index in [0.29, 0.717) is 12.1 Å². The Kier molecular flexibility index (Phi) is 4.77. The van der Waals surface area contributed by atoms with Crippen molar-refractivity contribution in [2.75, 3.05) is 0 Å². The van der Waals surface area contributed by atoms with Crippen LogP contribution < -0.4 is 5.56 Å². The van der Waals surface area contributed by atoms with E-state index < -0.39 is 5.92 Å². The molecule has 32 heavy (non-hydrogen) atoms. The van der Waals surface area contributed by atoms with Gasteiger partial charge in [0.1, 0.15) is 6.61 Å². The molecule has 0 bridgehead atoms. The minimum absolute atomic E-state index is 0.0320. The molecule has 0 saturated heterocycles. The number of rotatable bonds is 1. The van der Waals surface area contributed by atoms with Crippen molar-refractivity contribution < 1.29 is 9.53 Å². The number of carbonyl (C=O) groups excluding carboxylic acids is 1. The third-order valence-electron chi connectivity index (χ3n) is 6.33. The Balaban J connectivity index is 0.00000105. The molecule has 0 amide bonds. The number of pyridine rings is 2. The molecular formula is C25H24N4O3. The normalized spacial score (nSPS) is 16.1. The summed E-state index contributed by atoms with van der Waals surface area (Å²) < 4.78 is 6.97. The molecule has 0 saturated carbocycles. The molecule has 0 spiro atoms. The second-order valence-electron chi connectivity index (χ2n) is 7.84. The molecule has 7 heteroatoms. The van der Waals surface area contributed by atoms with Gasteiger partial charge in [0.2, 0.25) is 0 Å². The largest absolute Gasteiger partial charge is 0.460 e. The number of aryl methyl sites for hydroxylation is 1. The van der Waals surface area contributed by atoms with Crippen molar-refractivity contribution in [1.82, 2.24) is 19.5 Å². The number of hydrogen-bond acceptors (Lipinski definition) is 6. The molecule has 1 unspecified atom stereocenters. The Morgan fingerprint density at radius 3 is 2.62 bits per heavy atom. The van der Waals surface area contributed by atoms with Crippen molar-refractivity contribution in [3.63, 3.8) is 0 Å². The van der Waals surface area contributed by atoms with E-state index in [9.17, 15) is 9.59 Å². The molecule has 4 aromatic rings. The Morgan fingerprint density at radius 2 is 1.84 bits per heavy atom. The van der Waals surface area contributed by atoms with E-state index in [0.717, 1.165) is 56.4 Å². The molecule has 162 valence electrons. The lowest BCUT2D eigenvalue weighted by Gasteiger charge is -2.22. The predicted octanol–water partition coefficient (Wildman–Crippen LogP) is 4.12. The molecule has 6 rings (SSSR count). The van der Waals surface area contributed by atoms with Crippen molar-refractivity contribution >= 4 is 27.9 Å². The van der Waals surface area contributed by atoms with Crippen LogP contribution in [0.5, 0.6) is 0 Å². The third-order valence-corrected chi connectivity index (χ3v) is 6.33. The molecular weight excluding hydrogens is 404 g/mol. The zero-order valence-electron chi connectivity index (χ0n) is 18.6. The number of nitrogens with zero attached hydrogens (tertiary/aromatic N) is 4. The van der Waals surface area contributed by atoms with E-state index in [1.54, 1.807) is 23.9 Å². The van der Waals surface area contributed by atoms with Gasteiger partial charge in [0.15, 0.2) is 0 Å². The Hall–Kier alpha value is -3.61. The summed E-state index contributed by atoms with van der Waals surface area (Å²) in [6.07, 6.45) is 4.17. The lowest BCUT2D eigenvalue weighted by molar-refractivity contribution is -0.147. The maximum Gasteiger partial charge on any atom is 0.313 e. The number of aromatic nitrogens is 4. The van der Waals surface area contributed by atoms with Crippen LogP contribution in [0.25, 0.3) is 33.3 Å². The Morgan fingerprint density at radius 1 is 1.09 bits per heavy atom. The second kappa shape index (κ2) is 7.51. The van der Waals surface area contributed by atoms with E-state index in [2.05, 4.69) is 16.9 Å². The summed E-state index contributed by atoms with van der Waals surface area (Å²) in [5, 5.41) is 0.999. The van der Waals surface area contributed by atoms with E-state index >= 15 is 0 Å². The van der Waals surface area contributed by atoms with Gasteiger partial charge in [0.25, 0.3) is 5.56 Å². The van der Waals surface area contributed by atoms with E-state index in [1.165, 1.54) is 0 Å². The maximum absolute atomic E-state index is 13.3. The topological polar surface area (TPSA) is 87.0 Å². The average molecular weight is 428 g/mol. The zero-order valence-corrected chi connectivity index (χ0v) is 18.6. The summed E-state index contributed by atoms with van der Waals surface area (Å²) in [5.41, 5.74) is 7.48. The van der Waals surface area contributed by atoms with Crippen LogP contribution >= 0.6 is 0 Å². The van der Waals surface area contributed by atoms with Gasteiger partial charge in [-0.15, -0.1) is 0 Å². The van der Waals surface area contributed by atoms with Crippen LogP contribution in [-0.2, 0) is 29.1 Å². The fourth-order valence-electron chi connectivity index (χ4n) is 4.82. The summed E-state index contributed by atoms with van der Waals surface area (Å²) in [7, 11) is 0. The van der Waals surface area contributed by atoms with Gasteiger partial charge in [0.05, 0.1) is 46.0 Å². The van der Waals surface area contributed by atoms with Gasteiger partial charge in [-0.3, -0.25) is 19.6 Å². The second-order valence-corrected chi connectivity index (χ2v) is 7.84. The van der Waals surface area contributed by atoms with E-state index in [-0.39, 0.29) is 18.1 Å². The lowest BCUT2D eigenvalue weighted by Crippen LogP contribution is -2.31. The van der Waals surface area contributed by atoms with Crippen molar-refractivity contribution in [2.45, 2.75) is 53.2 Å². The van der Waals surface area contributed by atoms with Crippen LogP contribution in [0.1, 0.15) is 55.9 Å². The standard InChI is InChI=1S/C23H18N4O3.C2H6/c1-3-12-14-9-27-18(8-13-11(2)23(29)30-10-15(13)22(27)28)20(14)26-16-4-5-17-21(19(12)16)25-7-6-24-17;1-2/h4-8,11H,3,9-10H2,1-2H3;1-2H3. The number of ether oxygens (including phenoxy) is 1. The van der Waals surface area contributed by atoms with Crippen molar-refractivity contribution in [1.29, 1.82) is 0 Å². The first-order chi connectivity index (χ1) is 15.6. The minimum Gasteiger partial charge on any atom is -0.460 e. The zero-order chi connectivity index (χ0) is 22.6. The highest BCUT2D eigenvalue weighted by Crippen LogP contribution is 2.39. The van der Waals surface area contributed by atoms with Gasteiger partial charge >= 0.3 is 5.97 Å². The molecule has 0 fully saturated rings. The molecule has 0 radical (unpaired) electrons. The fourth-order valence-corrected chi connectivity index (χ4v) is 4.82. The van der Waals surface area contributed by atoms with E-state index in [1.807, 2.05) is 32.0 Å². The van der Waals surface area contributed by atoms with Gasteiger partial charge in [-0.25, -0.2) is 4.98 Å². The van der Waals surface area contributed by atoms with Gasteiger partial charge in [-0.1, -0.05) is 20.8 Å². The Bertz CT molecular complexity index is 1470. The van der Waals surface area contributed by atoms with Gasteiger partial charge in [-0.05, 0) is 42.7 Å². The fraction of sp³-hybridized carbons (Fsp3) is 0.320. The third kappa shape index (κ3) is 2.70. The van der Waals surface area contributed by atoms with Crippen molar-refractivity contribution in [3.05, 3.63) is 63.2 Å². The lowest BCUT2D eigenvalue weighted by atomic mass is 9.93. The molecule has 2 aliphatic rings. The first-order valence-corrected chi connectivity index (χ1v) is 11.1. The Labute approximate surface area is 185 Å². The summed E-state index contributed by atoms with van der Waals surface area (Å²) in [6.45, 7) is 8.38. The number of fused-ring (bicyclic) bond motifs is 7. The average Bonchev–Trinajstić information content (AvgIpc) is 3.20. The first kappa shape index (κ1) is 20.3. The summed E-state index contributed by atoms with van der Waals surface area (Å²) >= 11 is 0. The summed E-state index contributed by atoms with van der Waals surface area (Å²) in [4.78, 5) is 39.3. The van der Waals surface area contributed by atoms with E-state index in [4.69, 9.17) is 9.72 Å². The molecule has 1 aromatic carbocycles. The van der Waals surface area contributed by atoms with Gasteiger partial charge in [-0.2, -0.15) is 0 Å². The number of benzene rings is 1. The highest BCUT2D eigenvalue weighted by molar-refractivity contribution is 6.05. The van der Waals surface area contributed by atoms with Gasteiger partial charge < -0.3 is 9.30 Å². The van der Waals surface area contributed by atoms with Crippen LogP contribution in [0.2, 0.25) is 0 Å². The minimum atomic E-state index is -0.457. The summed E-state index contributed by atoms with van der Waals surface area (Å²) in [6, 6.07) is 5.84. The number of cyclic esters (lactones) is 1. The smallest absolute Gasteiger partial charge is 0.313 e. The molecule has 1 atom stereocenters. The maximum atomic E-state index is 13.3. The molecule has 0 aliphatic carbocycles. The van der Waals surface area contributed by atoms with Crippen molar-refractivity contribution in [2.24, 2.45) is 0 Å². The number of carbonyl (C=O) groups is 1. The van der Waals surface area contributed by atoms with Crippen LogP contribution in [0.4, 0.5) is 0 Å². The SMILES string of the molecule is CC.CCc1c2c(nc3ccc4nccnc4c13)-c1cc3c(c(=O)n1C2)COC(=O)C3C. The molecule has 3 aromatic heterocycles. The predicted molar refractivity (Wildman–Crippen MR) is 123 cm³/mol. The highest BCUT2D eigenvalue weighted by atomic mass is 16.5. The van der Waals surface area contributed by atoms with Crippen LogP contribution in [0.15, 0.2) is 35.4 Å². The highest BCUT2D eigenvalue weighted by Gasteiger charge is 2.33.